The fourth-order valence-electron chi connectivity index (χ4n) is 1.59. The van der Waals surface area contributed by atoms with Gasteiger partial charge in [-0.05, 0) is 18.1 Å². The summed E-state index contributed by atoms with van der Waals surface area (Å²) in [5.41, 5.74) is 1.08. The molecule has 1 unspecified atom stereocenters. The van der Waals surface area contributed by atoms with Gasteiger partial charge in [0.05, 0.1) is 0 Å². The van der Waals surface area contributed by atoms with E-state index < -0.39 is 0 Å². The zero-order valence-electron chi connectivity index (χ0n) is 7.70. The van der Waals surface area contributed by atoms with Crippen LogP contribution in [0.3, 0.4) is 0 Å². The summed E-state index contributed by atoms with van der Waals surface area (Å²) in [6, 6.07) is 7.71. The van der Waals surface area contributed by atoms with Crippen LogP contribution in [0.15, 0.2) is 24.3 Å². The monoisotopic (exact) mass is 210 g/mol. The van der Waals surface area contributed by atoms with E-state index in [1.165, 1.54) is 0 Å². The molecular formula is C11H11ClO2. The van der Waals surface area contributed by atoms with Crippen molar-refractivity contribution in [3.05, 3.63) is 29.8 Å². The highest BCUT2D eigenvalue weighted by Crippen LogP contribution is 2.24. The molecule has 0 radical (unpaired) electrons. The van der Waals surface area contributed by atoms with Crippen LogP contribution in [0.2, 0.25) is 0 Å². The predicted molar refractivity (Wildman–Crippen MR) is 54.9 cm³/mol. The summed E-state index contributed by atoms with van der Waals surface area (Å²) < 4.78 is 5.38. The lowest BCUT2D eigenvalue weighted by Crippen LogP contribution is -2.21. The molecule has 0 saturated carbocycles. The van der Waals surface area contributed by atoms with Crippen molar-refractivity contribution in [1.82, 2.24) is 0 Å². The van der Waals surface area contributed by atoms with Gasteiger partial charge in [0.2, 0.25) is 0 Å². The SMILES string of the molecule is O=C1COc2ccccc2CC(Cl)C1. The number of fused-ring (bicyclic) bond motifs is 1. The molecule has 1 atom stereocenters. The van der Waals surface area contributed by atoms with E-state index in [-0.39, 0.29) is 17.8 Å². The third-order valence-electron chi connectivity index (χ3n) is 2.25. The number of halogens is 1. The van der Waals surface area contributed by atoms with E-state index in [9.17, 15) is 4.79 Å². The molecule has 14 heavy (non-hydrogen) atoms. The van der Waals surface area contributed by atoms with Crippen molar-refractivity contribution >= 4 is 17.4 Å². The molecule has 0 saturated heterocycles. The molecule has 3 heteroatoms. The summed E-state index contributed by atoms with van der Waals surface area (Å²) in [7, 11) is 0. The lowest BCUT2D eigenvalue weighted by atomic mass is 10.0. The number of para-hydroxylation sites is 1. The Morgan fingerprint density at radius 1 is 1.29 bits per heavy atom. The molecule has 0 bridgehead atoms. The van der Waals surface area contributed by atoms with Crippen LogP contribution in [0.25, 0.3) is 0 Å². The number of benzene rings is 1. The Morgan fingerprint density at radius 3 is 2.93 bits per heavy atom. The second kappa shape index (κ2) is 4.01. The molecule has 0 fully saturated rings. The predicted octanol–water partition coefficient (Wildman–Crippen LogP) is 2.19. The van der Waals surface area contributed by atoms with Crippen LogP contribution in [0.4, 0.5) is 0 Å². The van der Waals surface area contributed by atoms with Crippen molar-refractivity contribution in [2.24, 2.45) is 0 Å². The number of Topliss-reactive ketones (excluding diaryl/α,β-unsaturated/α-hetero) is 1. The van der Waals surface area contributed by atoms with Gasteiger partial charge in [0, 0.05) is 11.8 Å². The third kappa shape index (κ3) is 2.07. The average Bonchev–Trinajstić information content (AvgIpc) is 2.14. The molecule has 1 heterocycles. The zero-order valence-corrected chi connectivity index (χ0v) is 8.46. The van der Waals surface area contributed by atoms with Crippen LogP contribution < -0.4 is 4.74 Å². The van der Waals surface area contributed by atoms with Gasteiger partial charge >= 0.3 is 0 Å². The summed E-state index contributed by atoms with van der Waals surface area (Å²) in [5.74, 6) is 0.853. The molecule has 2 nitrogen and oxygen atoms in total. The van der Waals surface area contributed by atoms with E-state index in [0.717, 1.165) is 11.3 Å². The van der Waals surface area contributed by atoms with Gasteiger partial charge in [0.1, 0.15) is 12.4 Å². The molecular weight excluding hydrogens is 200 g/mol. The quantitative estimate of drug-likeness (QED) is 0.614. The van der Waals surface area contributed by atoms with Crippen LogP contribution in [0.1, 0.15) is 12.0 Å². The van der Waals surface area contributed by atoms with Crippen molar-refractivity contribution in [3.8, 4) is 5.75 Å². The number of ether oxygens (including phenoxy) is 1. The van der Waals surface area contributed by atoms with Gasteiger partial charge in [-0.15, -0.1) is 11.6 Å². The van der Waals surface area contributed by atoms with Crippen molar-refractivity contribution in [1.29, 1.82) is 0 Å². The first-order valence-corrected chi connectivity index (χ1v) is 5.06. The van der Waals surface area contributed by atoms with Crippen LogP contribution in [-0.2, 0) is 11.2 Å². The largest absolute Gasteiger partial charge is 0.486 e. The average molecular weight is 211 g/mol. The molecule has 0 spiro atoms. The Morgan fingerprint density at radius 2 is 2.07 bits per heavy atom. The number of ketones is 1. The smallest absolute Gasteiger partial charge is 0.171 e. The Hall–Kier alpha value is -1.02. The van der Waals surface area contributed by atoms with Gasteiger partial charge in [-0.25, -0.2) is 0 Å². The molecule has 0 amide bonds. The Balaban J connectivity index is 2.28. The highest BCUT2D eigenvalue weighted by atomic mass is 35.5. The maximum Gasteiger partial charge on any atom is 0.171 e. The maximum absolute atomic E-state index is 11.2. The molecule has 2 rings (SSSR count). The molecule has 0 N–H and O–H groups in total. The zero-order chi connectivity index (χ0) is 9.97. The van der Waals surface area contributed by atoms with Gasteiger partial charge in [0.15, 0.2) is 5.78 Å². The number of alkyl halides is 1. The molecule has 0 aliphatic carbocycles. The number of carbonyl (C=O) groups is 1. The normalized spacial score (nSPS) is 21.8. The molecule has 1 aliphatic rings. The maximum atomic E-state index is 11.2. The van der Waals surface area contributed by atoms with Gasteiger partial charge < -0.3 is 4.74 Å². The molecule has 74 valence electrons. The fraction of sp³-hybridized carbons (Fsp3) is 0.364. The first-order valence-electron chi connectivity index (χ1n) is 4.62. The van der Waals surface area contributed by atoms with E-state index in [4.69, 9.17) is 16.3 Å². The van der Waals surface area contributed by atoms with Crippen molar-refractivity contribution in [2.45, 2.75) is 18.2 Å². The Labute approximate surface area is 87.8 Å². The lowest BCUT2D eigenvalue weighted by Gasteiger charge is -2.17. The van der Waals surface area contributed by atoms with Crippen molar-refractivity contribution in [3.63, 3.8) is 0 Å². The van der Waals surface area contributed by atoms with Crippen LogP contribution in [-0.4, -0.2) is 17.8 Å². The Kier molecular flexibility index (Phi) is 2.73. The Bertz CT molecular complexity index is 349. The third-order valence-corrected chi connectivity index (χ3v) is 2.56. The summed E-state index contributed by atoms with van der Waals surface area (Å²) in [5, 5.41) is -0.104. The summed E-state index contributed by atoms with van der Waals surface area (Å²) >= 11 is 6.04. The first-order chi connectivity index (χ1) is 6.75. The standard InChI is InChI=1S/C11H11ClO2/c12-9-5-8-3-1-2-4-11(8)14-7-10(13)6-9/h1-4,9H,5-7H2. The minimum atomic E-state index is -0.104. The fourth-order valence-corrected chi connectivity index (χ4v) is 1.93. The summed E-state index contributed by atoms with van der Waals surface area (Å²) in [6.07, 6.45) is 1.10. The number of hydrogen-bond acceptors (Lipinski definition) is 2. The highest BCUT2D eigenvalue weighted by molar-refractivity contribution is 6.22. The molecule has 1 aliphatic heterocycles. The molecule has 1 aromatic rings. The second-order valence-corrected chi connectivity index (χ2v) is 4.06. The molecule has 0 aromatic heterocycles. The van der Waals surface area contributed by atoms with E-state index in [1.54, 1.807) is 0 Å². The van der Waals surface area contributed by atoms with Crippen molar-refractivity contribution in [2.75, 3.05) is 6.61 Å². The topological polar surface area (TPSA) is 26.3 Å². The van der Waals surface area contributed by atoms with Gasteiger partial charge in [-0.1, -0.05) is 18.2 Å². The number of carbonyl (C=O) groups excluding carboxylic acids is 1. The highest BCUT2D eigenvalue weighted by Gasteiger charge is 2.18. The van der Waals surface area contributed by atoms with E-state index in [2.05, 4.69) is 0 Å². The number of rotatable bonds is 0. The van der Waals surface area contributed by atoms with Crippen LogP contribution in [0.5, 0.6) is 5.75 Å². The lowest BCUT2D eigenvalue weighted by molar-refractivity contribution is -0.121. The minimum Gasteiger partial charge on any atom is -0.486 e. The summed E-state index contributed by atoms with van der Waals surface area (Å²) in [4.78, 5) is 11.2. The minimum absolute atomic E-state index is 0.0690. The second-order valence-electron chi connectivity index (χ2n) is 3.44. The van der Waals surface area contributed by atoms with Gasteiger partial charge in [0.25, 0.3) is 0 Å². The van der Waals surface area contributed by atoms with Crippen LogP contribution in [0, 0.1) is 0 Å². The summed E-state index contributed by atoms with van der Waals surface area (Å²) in [6.45, 7) is 0.139. The molecule has 1 aromatic carbocycles. The first kappa shape index (κ1) is 9.53. The van der Waals surface area contributed by atoms with E-state index in [1.807, 2.05) is 24.3 Å². The van der Waals surface area contributed by atoms with Crippen molar-refractivity contribution < 1.29 is 9.53 Å². The van der Waals surface area contributed by atoms with Crippen LogP contribution >= 0.6 is 11.6 Å². The van der Waals surface area contributed by atoms with Gasteiger partial charge in [-0.3, -0.25) is 4.79 Å². The van der Waals surface area contributed by atoms with Gasteiger partial charge in [-0.2, -0.15) is 0 Å². The number of hydrogen-bond donors (Lipinski definition) is 0. The van der Waals surface area contributed by atoms with E-state index >= 15 is 0 Å². The van der Waals surface area contributed by atoms with E-state index in [0.29, 0.717) is 12.8 Å².